The Balaban J connectivity index is 1.95. The molecule has 3 N–H and O–H groups in total. The Morgan fingerprint density at radius 1 is 1.31 bits per heavy atom. The summed E-state index contributed by atoms with van der Waals surface area (Å²) in [5, 5.41) is 17.2. The summed E-state index contributed by atoms with van der Waals surface area (Å²) in [7, 11) is 0. The Hall–Kier alpha value is -2.97. The molecular weight excluding hydrogens is 459 g/mol. The van der Waals surface area contributed by atoms with Gasteiger partial charge in [-0.2, -0.15) is 18.4 Å². The first-order chi connectivity index (χ1) is 14.9. The molecule has 2 aromatic rings. The van der Waals surface area contributed by atoms with Gasteiger partial charge in [-0.25, -0.2) is 0 Å². The van der Waals surface area contributed by atoms with Crippen LogP contribution in [0.3, 0.4) is 0 Å². The van der Waals surface area contributed by atoms with Gasteiger partial charge in [0.2, 0.25) is 5.13 Å². The Morgan fingerprint density at radius 3 is 2.50 bits per heavy atom. The van der Waals surface area contributed by atoms with E-state index in [0.29, 0.717) is 32.3 Å². The van der Waals surface area contributed by atoms with Gasteiger partial charge in [-0.15, -0.1) is 5.10 Å². The van der Waals surface area contributed by atoms with E-state index in [4.69, 9.17) is 18.0 Å². The molecule has 11 heteroatoms. The molecule has 166 valence electrons. The van der Waals surface area contributed by atoms with Gasteiger partial charge in [0, 0.05) is 17.7 Å². The van der Waals surface area contributed by atoms with Crippen LogP contribution in [0.2, 0.25) is 0 Å². The van der Waals surface area contributed by atoms with Crippen molar-refractivity contribution in [2.24, 2.45) is 11.1 Å². The SMILES string of the molecule is CC1(C)CC(=O)C2=C(C1)N(c1n[nH]c(=S)s1)C(N)=C(C#N)C2c1ccc(C(F)(F)F)cc1. The maximum absolute atomic E-state index is 13.3. The molecule has 1 atom stereocenters. The van der Waals surface area contributed by atoms with Crippen LogP contribution >= 0.6 is 23.6 Å². The molecule has 2 aliphatic rings. The Bertz CT molecular complexity index is 1260. The minimum absolute atomic E-state index is 0.0812. The van der Waals surface area contributed by atoms with Crippen LogP contribution in [0, 0.1) is 20.7 Å². The van der Waals surface area contributed by atoms with Crippen molar-refractivity contribution >= 4 is 34.5 Å². The molecular formula is C21H18F3N5OS2. The first-order valence-corrected chi connectivity index (χ1v) is 10.8. The van der Waals surface area contributed by atoms with Gasteiger partial charge in [0.1, 0.15) is 5.82 Å². The van der Waals surface area contributed by atoms with Crippen molar-refractivity contribution in [1.29, 1.82) is 5.26 Å². The normalized spacial score (nSPS) is 20.9. The number of aromatic nitrogens is 2. The number of ketones is 1. The summed E-state index contributed by atoms with van der Waals surface area (Å²) < 4.78 is 39.6. The highest BCUT2D eigenvalue weighted by Crippen LogP contribution is 2.50. The Labute approximate surface area is 190 Å². The number of nitrogens with two attached hydrogens (primary N) is 1. The van der Waals surface area contributed by atoms with E-state index in [0.717, 1.165) is 23.5 Å². The number of hydrogen-bond acceptors (Lipinski definition) is 7. The lowest BCUT2D eigenvalue weighted by Crippen LogP contribution is -2.42. The van der Waals surface area contributed by atoms with Crippen molar-refractivity contribution in [2.45, 2.75) is 38.8 Å². The molecule has 0 fully saturated rings. The number of halogens is 3. The summed E-state index contributed by atoms with van der Waals surface area (Å²) in [5.74, 6) is -0.950. The molecule has 1 aromatic carbocycles. The van der Waals surface area contributed by atoms with Gasteiger partial charge in [-0.1, -0.05) is 37.3 Å². The lowest BCUT2D eigenvalue weighted by atomic mass is 9.68. The van der Waals surface area contributed by atoms with E-state index in [1.165, 1.54) is 12.1 Å². The van der Waals surface area contributed by atoms with E-state index in [9.17, 15) is 23.2 Å². The van der Waals surface area contributed by atoms with E-state index in [-0.39, 0.29) is 29.0 Å². The highest BCUT2D eigenvalue weighted by atomic mass is 32.1. The number of alkyl halides is 3. The van der Waals surface area contributed by atoms with Crippen LogP contribution < -0.4 is 10.6 Å². The highest BCUT2D eigenvalue weighted by Gasteiger charge is 2.45. The minimum Gasteiger partial charge on any atom is -0.384 e. The van der Waals surface area contributed by atoms with Gasteiger partial charge in [0.25, 0.3) is 0 Å². The molecule has 0 amide bonds. The number of hydrogen-bond donors (Lipinski definition) is 2. The fraction of sp³-hybridized carbons (Fsp3) is 0.333. The van der Waals surface area contributed by atoms with E-state index in [1.807, 2.05) is 13.8 Å². The van der Waals surface area contributed by atoms with Crippen LogP contribution in [0.1, 0.15) is 43.7 Å². The number of aromatic amines is 1. The predicted octanol–water partition coefficient (Wildman–Crippen LogP) is 5.16. The lowest BCUT2D eigenvalue weighted by Gasteiger charge is -2.42. The summed E-state index contributed by atoms with van der Waals surface area (Å²) in [6.07, 6.45) is -3.78. The fourth-order valence-corrected chi connectivity index (χ4v) is 5.16. The van der Waals surface area contributed by atoms with Crippen LogP contribution in [0.4, 0.5) is 18.3 Å². The largest absolute Gasteiger partial charge is 0.416 e. The average molecular weight is 478 g/mol. The van der Waals surface area contributed by atoms with Crippen molar-refractivity contribution in [2.75, 3.05) is 4.90 Å². The Kier molecular flexibility index (Phi) is 5.26. The number of allylic oxidation sites excluding steroid dienone is 3. The van der Waals surface area contributed by atoms with Crippen LogP contribution in [-0.2, 0) is 11.0 Å². The number of Topliss-reactive ketones (excluding diaryl/α,β-unsaturated/α-hetero) is 1. The van der Waals surface area contributed by atoms with Gasteiger partial charge >= 0.3 is 6.18 Å². The van der Waals surface area contributed by atoms with Crippen molar-refractivity contribution in [3.8, 4) is 6.07 Å². The van der Waals surface area contributed by atoms with E-state index in [1.54, 1.807) is 4.90 Å². The van der Waals surface area contributed by atoms with Crippen LogP contribution in [0.5, 0.6) is 0 Å². The molecule has 1 aliphatic carbocycles. The molecule has 2 heterocycles. The molecule has 0 spiro atoms. The highest BCUT2D eigenvalue weighted by molar-refractivity contribution is 7.73. The number of anilines is 1. The zero-order valence-electron chi connectivity index (χ0n) is 17.1. The van der Waals surface area contributed by atoms with Crippen molar-refractivity contribution in [3.05, 3.63) is 62.0 Å². The Morgan fingerprint density at radius 2 is 1.97 bits per heavy atom. The minimum atomic E-state index is -4.49. The van der Waals surface area contributed by atoms with E-state index >= 15 is 0 Å². The summed E-state index contributed by atoms with van der Waals surface area (Å²) in [5.41, 5.74) is 6.66. The number of nitriles is 1. The number of benzene rings is 1. The maximum atomic E-state index is 13.3. The molecule has 6 nitrogen and oxygen atoms in total. The van der Waals surface area contributed by atoms with Gasteiger partial charge in [-0.3, -0.25) is 14.8 Å². The zero-order valence-corrected chi connectivity index (χ0v) is 18.7. The van der Waals surface area contributed by atoms with Gasteiger partial charge < -0.3 is 5.73 Å². The van der Waals surface area contributed by atoms with Crippen molar-refractivity contribution < 1.29 is 18.0 Å². The predicted molar refractivity (Wildman–Crippen MR) is 116 cm³/mol. The number of carbonyl (C=O) groups excluding carboxylic acids is 1. The summed E-state index contributed by atoms with van der Waals surface area (Å²) in [4.78, 5) is 14.9. The quantitative estimate of drug-likeness (QED) is 0.580. The molecule has 4 rings (SSSR count). The second-order valence-corrected chi connectivity index (χ2v) is 10.1. The molecule has 1 unspecified atom stereocenters. The molecule has 1 aromatic heterocycles. The van der Waals surface area contributed by atoms with Gasteiger partial charge in [-0.05, 0) is 41.7 Å². The molecule has 0 bridgehead atoms. The fourth-order valence-electron chi connectivity index (χ4n) is 4.24. The monoisotopic (exact) mass is 477 g/mol. The third kappa shape index (κ3) is 3.73. The van der Waals surface area contributed by atoms with Gasteiger partial charge in [0.05, 0.1) is 23.1 Å². The third-order valence-corrected chi connectivity index (χ3v) is 6.64. The summed E-state index contributed by atoms with van der Waals surface area (Å²) >= 11 is 6.28. The topological polar surface area (TPSA) is 98.8 Å². The van der Waals surface area contributed by atoms with Crippen LogP contribution in [-0.4, -0.2) is 16.0 Å². The molecule has 0 radical (unpaired) electrons. The molecule has 0 saturated heterocycles. The number of rotatable bonds is 2. The van der Waals surface area contributed by atoms with Gasteiger partial charge in [0.15, 0.2) is 9.74 Å². The second-order valence-electron chi connectivity index (χ2n) is 8.50. The lowest BCUT2D eigenvalue weighted by molar-refractivity contribution is -0.137. The number of carbonyl (C=O) groups is 1. The van der Waals surface area contributed by atoms with Crippen LogP contribution in [0.15, 0.2) is 46.9 Å². The first-order valence-electron chi connectivity index (χ1n) is 9.62. The maximum Gasteiger partial charge on any atom is 0.416 e. The van der Waals surface area contributed by atoms with Crippen molar-refractivity contribution in [3.63, 3.8) is 0 Å². The standard InChI is InChI=1S/C21H18F3N5OS2/c1-20(2)7-13-16(14(30)8-20)15(10-3-5-11(6-4-10)21(22,23)24)12(9-25)17(26)29(13)18-27-28-19(31)32-18/h3-6,15H,7-8,26H2,1-2H3,(H,28,31). The van der Waals surface area contributed by atoms with E-state index < -0.39 is 17.7 Å². The molecule has 32 heavy (non-hydrogen) atoms. The molecule has 1 aliphatic heterocycles. The second kappa shape index (κ2) is 7.56. The van der Waals surface area contributed by atoms with Crippen LogP contribution in [0.25, 0.3) is 0 Å². The third-order valence-electron chi connectivity index (χ3n) is 5.57. The smallest absolute Gasteiger partial charge is 0.384 e. The zero-order chi connectivity index (χ0) is 23.4. The summed E-state index contributed by atoms with van der Waals surface area (Å²) in [6, 6.07) is 6.56. The summed E-state index contributed by atoms with van der Waals surface area (Å²) in [6.45, 7) is 3.90. The first kappa shape index (κ1) is 22.2. The average Bonchev–Trinajstić information content (AvgIpc) is 3.11. The number of H-pyrrole nitrogens is 1. The molecule has 0 saturated carbocycles. The van der Waals surface area contributed by atoms with E-state index in [2.05, 4.69) is 16.3 Å². The number of nitrogens with one attached hydrogen (secondary N) is 1. The number of nitrogens with zero attached hydrogens (tertiary/aromatic N) is 3. The van der Waals surface area contributed by atoms with Crippen molar-refractivity contribution in [1.82, 2.24) is 10.2 Å².